The number of amides is 1. The molecule has 2 aromatic rings. The molecule has 1 amide bonds. The van der Waals surface area contributed by atoms with Gasteiger partial charge in [-0.2, -0.15) is 0 Å². The molecule has 8 nitrogen and oxygen atoms in total. The lowest BCUT2D eigenvalue weighted by atomic mass is 10.2. The summed E-state index contributed by atoms with van der Waals surface area (Å²) in [4.78, 5) is 15.8. The fourth-order valence-corrected chi connectivity index (χ4v) is 7.14. The molecule has 2 aromatic heterocycles. The minimum Gasteiger partial charge on any atom is -0.333 e. The molecular formula is C17H23N5O3S3. The van der Waals surface area contributed by atoms with Crippen molar-refractivity contribution in [2.45, 2.75) is 55.9 Å². The second kappa shape index (κ2) is 8.50. The van der Waals surface area contributed by atoms with E-state index in [4.69, 9.17) is 0 Å². The van der Waals surface area contributed by atoms with Crippen LogP contribution in [-0.2, 0) is 21.2 Å². The molecule has 0 radical (unpaired) electrons. The number of nitrogens with zero attached hydrogens (tertiary/aromatic N) is 5. The van der Waals surface area contributed by atoms with Crippen LogP contribution in [0, 0.1) is 0 Å². The maximum Gasteiger partial charge on any atom is 0.233 e. The number of aromatic nitrogens is 4. The summed E-state index contributed by atoms with van der Waals surface area (Å²) >= 11 is 2.91. The summed E-state index contributed by atoms with van der Waals surface area (Å²) in [6.45, 7) is 0.449. The third-order valence-corrected chi connectivity index (χ3v) is 8.86. The van der Waals surface area contributed by atoms with Crippen LogP contribution in [0.4, 0.5) is 0 Å². The Hall–Kier alpha value is -1.46. The Morgan fingerprint density at radius 1 is 1.32 bits per heavy atom. The first-order chi connectivity index (χ1) is 13.5. The largest absolute Gasteiger partial charge is 0.333 e. The average molecular weight is 442 g/mol. The van der Waals surface area contributed by atoms with E-state index in [-0.39, 0.29) is 29.2 Å². The first-order valence-corrected chi connectivity index (χ1v) is 13.1. The number of rotatable bonds is 7. The van der Waals surface area contributed by atoms with Crippen molar-refractivity contribution < 1.29 is 13.2 Å². The number of carbonyl (C=O) groups excluding carboxylic acids is 1. The first-order valence-electron chi connectivity index (χ1n) is 9.45. The molecule has 3 heterocycles. The van der Waals surface area contributed by atoms with E-state index in [1.54, 1.807) is 16.2 Å². The summed E-state index contributed by atoms with van der Waals surface area (Å²) < 4.78 is 25.7. The van der Waals surface area contributed by atoms with Crippen LogP contribution in [0.15, 0.2) is 22.7 Å². The highest BCUT2D eigenvalue weighted by Gasteiger charge is 2.35. The smallest absolute Gasteiger partial charge is 0.233 e. The standard InChI is InChI=1S/C17H23N5O3S3/c23-16(11-27-17-18-19-20-22(17)13-4-1-2-5-13)21(10-15-6-3-8-26-15)14-7-9-28(24,25)12-14/h3,6,8,13-14H,1-2,4-5,7,9-12H2/t14-/m1/s1. The predicted molar refractivity (Wildman–Crippen MR) is 108 cm³/mol. The molecular weight excluding hydrogens is 418 g/mol. The van der Waals surface area contributed by atoms with Gasteiger partial charge >= 0.3 is 0 Å². The lowest BCUT2D eigenvalue weighted by Crippen LogP contribution is -2.41. The van der Waals surface area contributed by atoms with Crippen LogP contribution in [0.5, 0.6) is 0 Å². The van der Waals surface area contributed by atoms with Crippen LogP contribution in [-0.4, -0.2) is 62.7 Å². The SMILES string of the molecule is O=C(CSc1nnnn1C1CCCC1)N(Cc1cccs1)[C@@H]1CCS(=O)(=O)C1. The van der Waals surface area contributed by atoms with E-state index in [0.29, 0.717) is 24.2 Å². The molecule has 1 atom stereocenters. The topological polar surface area (TPSA) is 98.1 Å². The van der Waals surface area contributed by atoms with Crippen molar-refractivity contribution in [1.82, 2.24) is 25.1 Å². The molecule has 1 aliphatic carbocycles. The van der Waals surface area contributed by atoms with E-state index in [1.807, 2.05) is 22.2 Å². The second-order valence-electron chi connectivity index (χ2n) is 7.29. The predicted octanol–water partition coefficient (Wildman–Crippen LogP) is 2.16. The summed E-state index contributed by atoms with van der Waals surface area (Å²) in [5, 5.41) is 14.6. The van der Waals surface area contributed by atoms with Crippen LogP contribution < -0.4 is 0 Å². The third-order valence-electron chi connectivity index (χ3n) is 5.33. The molecule has 28 heavy (non-hydrogen) atoms. The van der Waals surface area contributed by atoms with Crippen LogP contribution >= 0.6 is 23.1 Å². The van der Waals surface area contributed by atoms with Crippen molar-refractivity contribution in [3.63, 3.8) is 0 Å². The Morgan fingerprint density at radius 2 is 2.14 bits per heavy atom. The average Bonchev–Trinajstić information content (AvgIpc) is 3.44. The maximum absolute atomic E-state index is 13.0. The Morgan fingerprint density at radius 3 is 2.82 bits per heavy atom. The molecule has 152 valence electrons. The van der Waals surface area contributed by atoms with Crippen LogP contribution in [0.25, 0.3) is 0 Å². The molecule has 0 spiro atoms. The van der Waals surface area contributed by atoms with E-state index in [2.05, 4.69) is 15.5 Å². The number of thiophene rings is 1. The Labute approximate surface area is 172 Å². The van der Waals surface area contributed by atoms with Gasteiger partial charge in [0.1, 0.15) is 0 Å². The lowest BCUT2D eigenvalue weighted by molar-refractivity contribution is -0.130. The minimum atomic E-state index is -3.06. The number of hydrogen-bond donors (Lipinski definition) is 0. The lowest BCUT2D eigenvalue weighted by Gasteiger charge is -2.27. The minimum absolute atomic E-state index is 0.0502. The highest BCUT2D eigenvalue weighted by molar-refractivity contribution is 7.99. The number of sulfone groups is 1. The zero-order chi connectivity index (χ0) is 19.6. The van der Waals surface area contributed by atoms with Gasteiger partial charge in [-0.15, -0.1) is 16.4 Å². The summed E-state index contributed by atoms with van der Waals surface area (Å²) in [6, 6.07) is 3.97. The molecule has 0 bridgehead atoms. The summed E-state index contributed by atoms with van der Waals surface area (Å²) in [5.74, 6) is 0.337. The van der Waals surface area contributed by atoms with Gasteiger partial charge in [0.05, 0.1) is 29.8 Å². The fourth-order valence-electron chi connectivity index (χ4n) is 3.88. The van der Waals surface area contributed by atoms with E-state index in [0.717, 1.165) is 17.7 Å². The molecule has 0 unspecified atom stereocenters. The molecule has 2 fully saturated rings. The van der Waals surface area contributed by atoms with Crippen molar-refractivity contribution in [2.75, 3.05) is 17.3 Å². The van der Waals surface area contributed by atoms with Crippen molar-refractivity contribution in [3.8, 4) is 0 Å². The van der Waals surface area contributed by atoms with E-state index in [1.165, 1.54) is 24.6 Å². The number of tetrazole rings is 1. The Balaban J connectivity index is 1.44. The molecule has 0 aromatic carbocycles. The Kier molecular flexibility index (Phi) is 6.02. The van der Waals surface area contributed by atoms with Crippen molar-refractivity contribution in [2.24, 2.45) is 0 Å². The van der Waals surface area contributed by atoms with Crippen LogP contribution in [0.2, 0.25) is 0 Å². The number of thioether (sulfide) groups is 1. The quantitative estimate of drug-likeness (QED) is 0.607. The first kappa shape index (κ1) is 19.8. The molecule has 4 rings (SSSR count). The van der Waals surface area contributed by atoms with Gasteiger partial charge in [-0.3, -0.25) is 4.79 Å². The summed E-state index contributed by atoms with van der Waals surface area (Å²) in [5.41, 5.74) is 0. The Bertz CT molecular complexity index is 906. The van der Waals surface area contributed by atoms with Gasteiger partial charge in [-0.25, -0.2) is 13.1 Å². The van der Waals surface area contributed by atoms with Gasteiger partial charge < -0.3 is 4.90 Å². The molecule has 1 aliphatic heterocycles. The molecule has 2 aliphatic rings. The monoisotopic (exact) mass is 441 g/mol. The van der Waals surface area contributed by atoms with Crippen molar-refractivity contribution in [3.05, 3.63) is 22.4 Å². The van der Waals surface area contributed by atoms with E-state index >= 15 is 0 Å². The molecule has 11 heteroatoms. The van der Waals surface area contributed by atoms with Gasteiger partial charge in [0, 0.05) is 10.9 Å². The van der Waals surface area contributed by atoms with Gasteiger partial charge in [0.15, 0.2) is 9.84 Å². The summed E-state index contributed by atoms with van der Waals surface area (Å²) in [7, 11) is -3.06. The maximum atomic E-state index is 13.0. The highest BCUT2D eigenvalue weighted by Crippen LogP contribution is 2.31. The molecule has 0 N–H and O–H groups in total. The second-order valence-corrected chi connectivity index (χ2v) is 11.5. The van der Waals surface area contributed by atoms with Crippen molar-refractivity contribution in [1.29, 1.82) is 0 Å². The molecule has 1 saturated heterocycles. The van der Waals surface area contributed by atoms with Crippen molar-refractivity contribution >= 4 is 38.8 Å². The van der Waals surface area contributed by atoms with Gasteiger partial charge in [-0.05, 0) is 41.1 Å². The van der Waals surface area contributed by atoms with Gasteiger partial charge in [-0.1, -0.05) is 30.7 Å². The zero-order valence-corrected chi connectivity index (χ0v) is 17.9. The van der Waals surface area contributed by atoms with Crippen LogP contribution in [0.1, 0.15) is 43.0 Å². The fraction of sp³-hybridized carbons (Fsp3) is 0.647. The summed E-state index contributed by atoms with van der Waals surface area (Å²) in [6.07, 6.45) is 4.99. The highest BCUT2D eigenvalue weighted by atomic mass is 32.2. The normalized spacial score (nSPS) is 21.9. The van der Waals surface area contributed by atoms with Gasteiger partial charge in [0.25, 0.3) is 0 Å². The number of hydrogen-bond acceptors (Lipinski definition) is 8. The van der Waals surface area contributed by atoms with Gasteiger partial charge in [0.2, 0.25) is 11.1 Å². The van der Waals surface area contributed by atoms with Crippen LogP contribution in [0.3, 0.4) is 0 Å². The van der Waals surface area contributed by atoms with E-state index < -0.39 is 9.84 Å². The molecule has 1 saturated carbocycles. The van der Waals surface area contributed by atoms with E-state index in [9.17, 15) is 13.2 Å². The zero-order valence-electron chi connectivity index (χ0n) is 15.4. The third kappa shape index (κ3) is 4.57. The number of carbonyl (C=O) groups is 1.